The van der Waals surface area contributed by atoms with Crippen LogP contribution >= 0.6 is 23.8 Å². The minimum atomic E-state index is 0.0949. The molecule has 110 valence electrons. The van der Waals surface area contributed by atoms with Gasteiger partial charge in [-0.1, -0.05) is 29.8 Å². The van der Waals surface area contributed by atoms with Crippen molar-refractivity contribution >= 4 is 34.6 Å². The number of thiocarbonyl (C=S) groups is 1. The summed E-state index contributed by atoms with van der Waals surface area (Å²) in [6, 6.07) is 17.2. The third-order valence-electron chi connectivity index (χ3n) is 2.72. The minimum absolute atomic E-state index is 0.0949. The first-order valence-electron chi connectivity index (χ1n) is 6.64. The van der Waals surface area contributed by atoms with Crippen molar-refractivity contribution in [1.29, 1.82) is 0 Å². The Labute approximate surface area is 135 Å². The molecule has 0 fully saturated rings. The number of anilines is 1. The van der Waals surface area contributed by atoms with E-state index < -0.39 is 0 Å². The molecule has 0 radical (unpaired) electrons. The summed E-state index contributed by atoms with van der Waals surface area (Å²) in [5, 5.41) is 7.54. The molecule has 5 heteroatoms. The molecular weight excluding hydrogens is 304 g/mol. The highest BCUT2D eigenvalue weighted by Crippen LogP contribution is 2.13. The van der Waals surface area contributed by atoms with Crippen LogP contribution in [0.1, 0.15) is 6.92 Å². The number of halogens is 1. The molecule has 0 bridgehead atoms. The molecule has 0 aliphatic carbocycles. The van der Waals surface area contributed by atoms with Crippen molar-refractivity contribution in [2.45, 2.75) is 13.0 Å². The van der Waals surface area contributed by atoms with Crippen molar-refractivity contribution in [2.24, 2.45) is 0 Å². The van der Waals surface area contributed by atoms with Gasteiger partial charge in [-0.25, -0.2) is 0 Å². The third-order valence-corrected chi connectivity index (χ3v) is 3.19. The largest absolute Gasteiger partial charge is 0.491 e. The van der Waals surface area contributed by atoms with Crippen LogP contribution in [-0.2, 0) is 0 Å². The van der Waals surface area contributed by atoms with E-state index in [0.717, 1.165) is 11.4 Å². The Hall–Kier alpha value is -1.78. The summed E-state index contributed by atoms with van der Waals surface area (Å²) in [7, 11) is 0. The van der Waals surface area contributed by atoms with Gasteiger partial charge >= 0.3 is 0 Å². The molecule has 0 amide bonds. The summed E-state index contributed by atoms with van der Waals surface area (Å²) in [5.41, 5.74) is 0.896. The fourth-order valence-corrected chi connectivity index (χ4v) is 2.15. The van der Waals surface area contributed by atoms with Gasteiger partial charge in [0.25, 0.3) is 0 Å². The average molecular weight is 321 g/mol. The number of para-hydroxylation sites is 1. The molecule has 0 aromatic heterocycles. The van der Waals surface area contributed by atoms with Gasteiger partial charge in [-0.05, 0) is 55.5 Å². The van der Waals surface area contributed by atoms with E-state index in [-0.39, 0.29) is 6.04 Å². The molecule has 0 heterocycles. The molecule has 21 heavy (non-hydrogen) atoms. The van der Waals surface area contributed by atoms with E-state index in [0.29, 0.717) is 16.7 Å². The average Bonchev–Trinajstić information content (AvgIpc) is 2.48. The second-order valence-electron chi connectivity index (χ2n) is 4.63. The van der Waals surface area contributed by atoms with E-state index in [1.165, 1.54) is 0 Å². The highest BCUT2D eigenvalue weighted by molar-refractivity contribution is 7.80. The zero-order valence-corrected chi connectivity index (χ0v) is 13.2. The standard InChI is InChI=1S/C16H17ClN2OS/c1-12(11-20-15-5-3-2-4-6-15)18-16(21)19-14-9-7-13(17)8-10-14/h2-10,12H,11H2,1H3,(H2,18,19,21)/t12-/m1/s1. The lowest BCUT2D eigenvalue weighted by Crippen LogP contribution is -2.39. The Kier molecular flexibility index (Phi) is 5.84. The van der Waals surface area contributed by atoms with Gasteiger partial charge < -0.3 is 15.4 Å². The highest BCUT2D eigenvalue weighted by Gasteiger charge is 2.05. The maximum Gasteiger partial charge on any atom is 0.171 e. The van der Waals surface area contributed by atoms with Crippen molar-refractivity contribution < 1.29 is 4.74 Å². The Morgan fingerprint density at radius 3 is 2.48 bits per heavy atom. The van der Waals surface area contributed by atoms with E-state index in [1.807, 2.05) is 61.5 Å². The summed E-state index contributed by atoms with van der Waals surface area (Å²) >= 11 is 11.1. The Bertz CT molecular complexity index is 575. The lowest BCUT2D eigenvalue weighted by Gasteiger charge is -2.17. The smallest absolute Gasteiger partial charge is 0.171 e. The summed E-state index contributed by atoms with van der Waals surface area (Å²) in [5.74, 6) is 0.850. The van der Waals surface area contributed by atoms with Crippen LogP contribution in [-0.4, -0.2) is 17.8 Å². The van der Waals surface area contributed by atoms with Crippen LogP contribution in [0.25, 0.3) is 0 Å². The second kappa shape index (κ2) is 7.86. The number of nitrogens with one attached hydrogen (secondary N) is 2. The van der Waals surface area contributed by atoms with E-state index in [2.05, 4.69) is 10.6 Å². The summed E-state index contributed by atoms with van der Waals surface area (Å²) in [6.07, 6.45) is 0. The third kappa shape index (κ3) is 5.61. The van der Waals surface area contributed by atoms with Gasteiger partial charge in [0.05, 0.1) is 6.04 Å². The molecule has 0 aliphatic heterocycles. The number of hydrogen-bond donors (Lipinski definition) is 2. The molecule has 2 rings (SSSR count). The predicted molar refractivity (Wildman–Crippen MR) is 92.2 cm³/mol. The maximum absolute atomic E-state index is 5.84. The zero-order valence-electron chi connectivity index (χ0n) is 11.7. The molecule has 0 unspecified atom stereocenters. The SMILES string of the molecule is C[C@H](COc1ccccc1)NC(=S)Nc1ccc(Cl)cc1. The van der Waals surface area contributed by atoms with Crippen LogP contribution in [0.3, 0.4) is 0 Å². The molecule has 1 atom stereocenters. The number of hydrogen-bond acceptors (Lipinski definition) is 2. The van der Waals surface area contributed by atoms with Crippen LogP contribution in [0.15, 0.2) is 54.6 Å². The van der Waals surface area contributed by atoms with Crippen molar-refractivity contribution in [1.82, 2.24) is 5.32 Å². The second-order valence-corrected chi connectivity index (χ2v) is 5.48. The first-order valence-corrected chi connectivity index (χ1v) is 7.43. The number of ether oxygens (including phenoxy) is 1. The molecule has 2 N–H and O–H groups in total. The number of benzene rings is 2. The van der Waals surface area contributed by atoms with Gasteiger partial charge in [0, 0.05) is 10.7 Å². The van der Waals surface area contributed by atoms with Crippen molar-refractivity contribution in [3.05, 3.63) is 59.6 Å². The molecule has 3 nitrogen and oxygen atoms in total. The molecule has 2 aromatic carbocycles. The summed E-state index contributed by atoms with van der Waals surface area (Å²) < 4.78 is 5.67. The van der Waals surface area contributed by atoms with E-state index in [1.54, 1.807) is 0 Å². The molecule has 0 aliphatic rings. The van der Waals surface area contributed by atoms with E-state index in [9.17, 15) is 0 Å². The Morgan fingerprint density at radius 2 is 1.81 bits per heavy atom. The summed E-state index contributed by atoms with van der Waals surface area (Å²) in [6.45, 7) is 2.55. The van der Waals surface area contributed by atoms with E-state index in [4.69, 9.17) is 28.6 Å². The monoisotopic (exact) mass is 320 g/mol. The first-order chi connectivity index (χ1) is 10.1. The van der Waals surface area contributed by atoms with Crippen molar-refractivity contribution in [2.75, 3.05) is 11.9 Å². The van der Waals surface area contributed by atoms with Crippen LogP contribution in [0.2, 0.25) is 5.02 Å². The maximum atomic E-state index is 5.84. The molecule has 2 aromatic rings. The Balaban J connectivity index is 1.75. The van der Waals surface area contributed by atoms with Gasteiger partial charge in [-0.2, -0.15) is 0 Å². The predicted octanol–water partition coefficient (Wildman–Crippen LogP) is 4.09. The fraction of sp³-hybridized carbons (Fsp3) is 0.188. The van der Waals surface area contributed by atoms with Crippen molar-refractivity contribution in [3.63, 3.8) is 0 Å². The molecular formula is C16H17ClN2OS. The Morgan fingerprint density at radius 1 is 1.14 bits per heavy atom. The first kappa shape index (κ1) is 15.6. The van der Waals surface area contributed by atoms with E-state index >= 15 is 0 Å². The topological polar surface area (TPSA) is 33.3 Å². The fourth-order valence-electron chi connectivity index (χ4n) is 1.70. The molecule has 0 saturated carbocycles. The lowest BCUT2D eigenvalue weighted by molar-refractivity contribution is 0.287. The van der Waals surface area contributed by atoms with Crippen LogP contribution in [0, 0.1) is 0 Å². The van der Waals surface area contributed by atoms with Crippen LogP contribution < -0.4 is 15.4 Å². The van der Waals surface area contributed by atoms with Gasteiger partial charge in [0.2, 0.25) is 0 Å². The van der Waals surface area contributed by atoms with Gasteiger partial charge in [-0.15, -0.1) is 0 Å². The zero-order chi connectivity index (χ0) is 15.1. The summed E-state index contributed by atoms with van der Waals surface area (Å²) in [4.78, 5) is 0. The van der Waals surface area contributed by atoms with Crippen LogP contribution in [0.4, 0.5) is 5.69 Å². The quantitative estimate of drug-likeness (QED) is 0.813. The number of rotatable bonds is 5. The normalized spacial score (nSPS) is 11.5. The lowest BCUT2D eigenvalue weighted by atomic mass is 10.3. The van der Waals surface area contributed by atoms with Crippen LogP contribution in [0.5, 0.6) is 5.75 Å². The van der Waals surface area contributed by atoms with Gasteiger partial charge in [-0.3, -0.25) is 0 Å². The highest BCUT2D eigenvalue weighted by atomic mass is 35.5. The molecule has 0 spiro atoms. The molecule has 0 saturated heterocycles. The van der Waals surface area contributed by atoms with Crippen molar-refractivity contribution in [3.8, 4) is 5.75 Å². The van der Waals surface area contributed by atoms with Gasteiger partial charge in [0.1, 0.15) is 12.4 Å². The van der Waals surface area contributed by atoms with Gasteiger partial charge in [0.15, 0.2) is 5.11 Å². The minimum Gasteiger partial charge on any atom is -0.491 e.